The quantitative estimate of drug-likeness (QED) is 0.636. The maximum Gasteiger partial charge on any atom is 0.237 e. The second-order valence-corrected chi connectivity index (χ2v) is 6.24. The molecule has 0 fully saturated rings. The van der Waals surface area contributed by atoms with E-state index >= 15 is 0 Å². The highest BCUT2D eigenvalue weighted by molar-refractivity contribution is 5.82. The Morgan fingerprint density at radius 3 is 2.21 bits per heavy atom. The van der Waals surface area contributed by atoms with Gasteiger partial charge in [0.25, 0.3) is 0 Å². The standard InChI is InChI=1S/C16H34N2O/c1-7-10-12-14(11-8-2)17-13(4)15(19)18-16(5,6)9-3/h13-14,17H,7-12H2,1-6H3,(H,18,19). The zero-order valence-electron chi connectivity index (χ0n) is 13.8. The minimum atomic E-state index is -0.114. The molecule has 0 saturated carbocycles. The molecule has 3 heteroatoms. The van der Waals surface area contributed by atoms with E-state index in [0.717, 1.165) is 19.3 Å². The zero-order valence-corrected chi connectivity index (χ0v) is 13.8. The van der Waals surface area contributed by atoms with E-state index in [9.17, 15) is 4.79 Å². The monoisotopic (exact) mass is 270 g/mol. The van der Waals surface area contributed by atoms with Crippen LogP contribution in [0.25, 0.3) is 0 Å². The minimum absolute atomic E-state index is 0.112. The highest BCUT2D eigenvalue weighted by Crippen LogP contribution is 2.10. The lowest BCUT2D eigenvalue weighted by molar-refractivity contribution is -0.124. The van der Waals surface area contributed by atoms with Gasteiger partial charge in [0, 0.05) is 11.6 Å². The molecule has 0 aliphatic heterocycles. The second kappa shape index (κ2) is 9.35. The molecule has 0 spiro atoms. The lowest BCUT2D eigenvalue weighted by Gasteiger charge is -2.28. The highest BCUT2D eigenvalue weighted by Gasteiger charge is 2.23. The lowest BCUT2D eigenvalue weighted by atomic mass is 10.0. The topological polar surface area (TPSA) is 41.1 Å². The Morgan fingerprint density at radius 2 is 1.74 bits per heavy atom. The minimum Gasteiger partial charge on any atom is -0.350 e. The molecule has 2 atom stereocenters. The molecular weight excluding hydrogens is 236 g/mol. The molecule has 0 heterocycles. The van der Waals surface area contributed by atoms with Crippen LogP contribution in [-0.4, -0.2) is 23.5 Å². The normalized spacial score (nSPS) is 15.1. The first-order chi connectivity index (χ1) is 8.86. The molecule has 0 rings (SSSR count). The fraction of sp³-hybridized carbons (Fsp3) is 0.938. The van der Waals surface area contributed by atoms with Crippen molar-refractivity contribution in [3.05, 3.63) is 0 Å². The van der Waals surface area contributed by atoms with Gasteiger partial charge in [-0.3, -0.25) is 4.79 Å². The average Bonchev–Trinajstić information content (AvgIpc) is 2.35. The van der Waals surface area contributed by atoms with Crippen LogP contribution in [-0.2, 0) is 4.79 Å². The Balaban J connectivity index is 4.29. The predicted octanol–water partition coefficient (Wildman–Crippen LogP) is 3.63. The van der Waals surface area contributed by atoms with Crippen LogP contribution in [0.15, 0.2) is 0 Å². The van der Waals surface area contributed by atoms with Crippen LogP contribution in [0.1, 0.15) is 80.1 Å². The fourth-order valence-corrected chi connectivity index (χ4v) is 2.07. The largest absolute Gasteiger partial charge is 0.350 e. The van der Waals surface area contributed by atoms with Gasteiger partial charge in [-0.1, -0.05) is 40.0 Å². The molecule has 0 radical (unpaired) electrons. The summed E-state index contributed by atoms with van der Waals surface area (Å²) < 4.78 is 0. The van der Waals surface area contributed by atoms with E-state index < -0.39 is 0 Å². The van der Waals surface area contributed by atoms with E-state index in [1.807, 2.05) is 6.92 Å². The fourth-order valence-electron chi connectivity index (χ4n) is 2.07. The maximum absolute atomic E-state index is 12.2. The van der Waals surface area contributed by atoms with E-state index in [-0.39, 0.29) is 17.5 Å². The third-order valence-electron chi connectivity index (χ3n) is 3.77. The summed E-state index contributed by atoms with van der Waals surface area (Å²) >= 11 is 0. The average molecular weight is 270 g/mol. The number of amides is 1. The first-order valence-electron chi connectivity index (χ1n) is 7.94. The van der Waals surface area contributed by atoms with Crippen LogP contribution in [0.2, 0.25) is 0 Å². The SMILES string of the molecule is CCCCC(CCC)NC(C)C(=O)NC(C)(C)CC. The summed E-state index contributed by atoms with van der Waals surface area (Å²) in [5, 5.41) is 6.59. The smallest absolute Gasteiger partial charge is 0.237 e. The lowest BCUT2D eigenvalue weighted by Crippen LogP contribution is -2.52. The van der Waals surface area contributed by atoms with Crippen molar-refractivity contribution < 1.29 is 4.79 Å². The van der Waals surface area contributed by atoms with Crippen LogP contribution >= 0.6 is 0 Å². The molecule has 0 aromatic heterocycles. The molecule has 0 aromatic carbocycles. The van der Waals surface area contributed by atoms with Gasteiger partial charge in [-0.25, -0.2) is 0 Å². The van der Waals surface area contributed by atoms with Gasteiger partial charge in [0.15, 0.2) is 0 Å². The van der Waals surface area contributed by atoms with Crippen LogP contribution in [0.3, 0.4) is 0 Å². The molecule has 3 nitrogen and oxygen atoms in total. The van der Waals surface area contributed by atoms with Gasteiger partial charge in [-0.2, -0.15) is 0 Å². The summed E-state index contributed by atoms with van der Waals surface area (Å²) in [7, 11) is 0. The maximum atomic E-state index is 12.2. The van der Waals surface area contributed by atoms with Crippen molar-refractivity contribution in [3.8, 4) is 0 Å². The number of rotatable bonds is 10. The molecule has 0 saturated heterocycles. The van der Waals surface area contributed by atoms with Crippen molar-refractivity contribution in [2.24, 2.45) is 0 Å². The number of carbonyl (C=O) groups excluding carboxylic acids is 1. The molecule has 0 aliphatic carbocycles. The Kier molecular flexibility index (Phi) is 9.07. The van der Waals surface area contributed by atoms with Crippen molar-refractivity contribution >= 4 is 5.91 Å². The number of unbranched alkanes of at least 4 members (excludes halogenated alkanes) is 1. The van der Waals surface area contributed by atoms with Crippen LogP contribution in [0.4, 0.5) is 0 Å². The molecule has 0 aliphatic rings. The van der Waals surface area contributed by atoms with E-state index in [2.05, 4.69) is 45.3 Å². The van der Waals surface area contributed by atoms with Crippen LogP contribution < -0.4 is 10.6 Å². The van der Waals surface area contributed by atoms with Crippen molar-refractivity contribution in [1.82, 2.24) is 10.6 Å². The molecule has 2 N–H and O–H groups in total. The number of carbonyl (C=O) groups is 1. The van der Waals surface area contributed by atoms with Gasteiger partial charge in [-0.05, 0) is 40.0 Å². The molecule has 2 unspecified atom stereocenters. The van der Waals surface area contributed by atoms with Crippen molar-refractivity contribution in [3.63, 3.8) is 0 Å². The summed E-state index contributed by atoms with van der Waals surface area (Å²) in [4.78, 5) is 12.2. The Labute approximate surface area is 119 Å². The van der Waals surface area contributed by atoms with E-state index in [0.29, 0.717) is 6.04 Å². The predicted molar refractivity (Wildman–Crippen MR) is 83.3 cm³/mol. The zero-order chi connectivity index (χ0) is 14.9. The van der Waals surface area contributed by atoms with Gasteiger partial charge in [0.2, 0.25) is 5.91 Å². The third-order valence-corrected chi connectivity index (χ3v) is 3.77. The third kappa shape index (κ3) is 8.25. The highest BCUT2D eigenvalue weighted by atomic mass is 16.2. The molecule has 19 heavy (non-hydrogen) atoms. The first-order valence-corrected chi connectivity index (χ1v) is 7.94. The van der Waals surface area contributed by atoms with E-state index in [1.54, 1.807) is 0 Å². The van der Waals surface area contributed by atoms with Crippen LogP contribution in [0.5, 0.6) is 0 Å². The van der Waals surface area contributed by atoms with Gasteiger partial charge in [0.05, 0.1) is 6.04 Å². The van der Waals surface area contributed by atoms with E-state index in [1.165, 1.54) is 19.3 Å². The Bertz CT molecular complexity index is 251. The molecular formula is C16H34N2O. The van der Waals surface area contributed by atoms with Gasteiger partial charge >= 0.3 is 0 Å². The van der Waals surface area contributed by atoms with Crippen molar-refractivity contribution in [2.45, 2.75) is 97.7 Å². The second-order valence-electron chi connectivity index (χ2n) is 6.24. The number of hydrogen-bond donors (Lipinski definition) is 2. The van der Waals surface area contributed by atoms with Crippen LogP contribution in [0, 0.1) is 0 Å². The summed E-state index contributed by atoms with van der Waals surface area (Å²) in [5.41, 5.74) is -0.114. The van der Waals surface area contributed by atoms with Crippen molar-refractivity contribution in [1.29, 1.82) is 0 Å². The molecule has 114 valence electrons. The molecule has 0 bridgehead atoms. The van der Waals surface area contributed by atoms with Crippen molar-refractivity contribution in [2.75, 3.05) is 0 Å². The molecule has 0 aromatic rings. The van der Waals surface area contributed by atoms with E-state index in [4.69, 9.17) is 0 Å². The number of hydrogen-bond acceptors (Lipinski definition) is 2. The summed E-state index contributed by atoms with van der Waals surface area (Å²) in [5.74, 6) is 0.115. The Hall–Kier alpha value is -0.570. The molecule has 1 amide bonds. The van der Waals surface area contributed by atoms with Gasteiger partial charge in [-0.15, -0.1) is 0 Å². The summed E-state index contributed by atoms with van der Waals surface area (Å²) in [6.45, 7) is 12.6. The first kappa shape index (κ1) is 18.4. The van der Waals surface area contributed by atoms with Gasteiger partial charge in [0.1, 0.15) is 0 Å². The number of nitrogens with one attached hydrogen (secondary N) is 2. The Morgan fingerprint density at radius 1 is 1.11 bits per heavy atom. The summed E-state index contributed by atoms with van der Waals surface area (Å²) in [6.07, 6.45) is 6.86. The summed E-state index contributed by atoms with van der Waals surface area (Å²) in [6, 6.07) is 0.356. The van der Waals surface area contributed by atoms with Gasteiger partial charge < -0.3 is 10.6 Å².